The van der Waals surface area contributed by atoms with Gasteiger partial charge >= 0.3 is 0 Å². The van der Waals surface area contributed by atoms with Gasteiger partial charge in [0.25, 0.3) is 0 Å². The van der Waals surface area contributed by atoms with Gasteiger partial charge in [0.2, 0.25) is 0 Å². The van der Waals surface area contributed by atoms with Gasteiger partial charge < -0.3 is 10.2 Å². The van der Waals surface area contributed by atoms with Gasteiger partial charge in [-0.3, -0.25) is 0 Å². The maximum absolute atomic E-state index is 3.77. The lowest BCUT2D eigenvalue weighted by Crippen LogP contribution is -2.25. The van der Waals surface area contributed by atoms with E-state index in [0.717, 1.165) is 13.1 Å². The first-order valence-corrected chi connectivity index (χ1v) is 8.93. The maximum atomic E-state index is 3.77. The third-order valence-corrected chi connectivity index (χ3v) is 5.04. The van der Waals surface area contributed by atoms with Crippen LogP contribution in [0.2, 0.25) is 0 Å². The van der Waals surface area contributed by atoms with Gasteiger partial charge in [0.1, 0.15) is 0 Å². The molecule has 1 aliphatic heterocycles. The first kappa shape index (κ1) is 16.8. The van der Waals surface area contributed by atoms with Crippen LogP contribution in [0.15, 0.2) is 22.7 Å². The molecule has 1 aromatic rings. The summed E-state index contributed by atoms with van der Waals surface area (Å²) in [5.74, 6) is 0. The molecule has 0 aliphatic carbocycles. The zero-order chi connectivity index (χ0) is 15.5. The summed E-state index contributed by atoms with van der Waals surface area (Å²) in [6.07, 6.45) is 3.89. The summed E-state index contributed by atoms with van der Waals surface area (Å²) >= 11 is 3.77. The van der Waals surface area contributed by atoms with Crippen LogP contribution in [0.1, 0.15) is 52.5 Å². The summed E-state index contributed by atoms with van der Waals surface area (Å²) in [4.78, 5) is 2.54. The second kappa shape index (κ2) is 7.15. The van der Waals surface area contributed by atoms with Crippen LogP contribution in [0.3, 0.4) is 0 Å². The van der Waals surface area contributed by atoms with Crippen molar-refractivity contribution in [1.82, 2.24) is 5.32 Å². The van der Waals surface area contributed by atoms with Gasteiger partial charge in [-0.25, -0.2) is 0 Å². The van der Waals surface area contributed by atoms with Gasteiger partial charge in [-0.1, -0.05) is 33.8 Å². The summed E-state index contributed by atoms with van der Waals surface area (Å²) in [6, 6.07) is 7.32. The molecule has 3 heteroatoms. The summed E-state index contributed by atoms with van der Waals surface area (Å²) in [6.45, 7) is 12.4. The molecule has 1 N–H and O–H groups in total. The highest BCUT2D eigenvalue weighted by Gasteiger charge is 2.23. The number of anilines is 1. The van der Waals surface area contributed by atoms with Crippen molar-refractivity contribution >= 4 is 21.6 Å². The first-order valence-electron chi connectivity index (χ1n) is 8.14. The molecule has 0 atom stereocenters. The third kappa shape index (κ3) is 5.00. The van der Waals surface area contributed by atoms with Crippen molar-refractivity contribution in [3.63, 3.8) is 0 Å². The predicted octanol–water partition coefficient (Wildman–Crippen LogP) is 4.96. The Hall–Kier alpha value is -0.540. The SMILES string of the molecule is CC(C)NCc1ccc(N2CCCC(C)(C)CC2)c(Br)c1. The zero-order valence-corrected chi connectivity index (χ0v) is 15.5. The van der Waals surface area contributed by atoms with E-state index in [1.165, 1.54) is 41.5 Å². The lowest BCUT2D eigenvalue weighted by Gasteiger charge is -2.26. The maximum Gasteiger partial charge on any atom is 0.0510 e. The number of hydrogen-bond donors (Lipinski definition) is 1. The molecule has 2 rings (SSSR count). The normalized spacial score (nSPS) is 18.9. The fraction of sp³-hybridized carbons (Fsp3) is 0.667. The summed E-state index contributed by atoms with van der Waals surface area (Å²) in [5.41, 5.74) is 3.18. The van der Waals surface area contributed by atoms with Crippen LogP contribution >= 0.6 is 15.9 Å². The van der Waals surface area contributed by atoms with E-state index in [0.29, 0.717) is 11.5 Å². The van der Waals surface area contributed by atoms with Gasteiger partial charge in [-0.05, 0) is 58.3 Å². The van der Waals surface area contributed by atoms with E-state index in [4.69, 9.17) is 0 Å². The molecule has 2 nitrogen and oxygen atoms in total. The second-order valence-electron chi connectivity index (χ2n) is 7.33. The van der Waals surface area contributed by atoms with Crippen molar-refractivity contribution in [1.29, 1.82) is 0 Å². The number of nitrogens with one attached hydrogen (secondary N) is 1. The minimum atomic E-state index is 0.488. The Balaban J connectivity index is 2.06. The van der Waals surface area contributed by atoms with Crippen molar-refractivity contribution in [2.24, 2.45) is 5.41 Å². The Bertz CT molecular complexity index is 468. The monoisotopic (exact) mass is 352 g/mol. The van der Waals surface area contributed by atoms with Crippen LogP contribution in [0.25, 0.3) is 0 Å². The topological polar surface area (TPSA) is 15.3 Å². The van der Waals surface area contributed by atoms with Crippen molar-refractivity contribution in [2.75, 3.05) is 18.0 Å². The van der Waals surface area contributed by atoms with E-state index in [1.807, 2.05) is 0 Å². The lowest BCUT2D eigenvalue weighted by molar-refractivity contribution is 0.325. The van der Waals surface area contributed by atoms with Gasteiger partial charge in [-0.2, -0.15) is 0 Å². The Kier molecular flexibility index (Phi) is 5.73. The van der Waals surface area contributed by atoms with Crippen LogP contribution < -0.4 is 10.2 Å². The highest BCUT2D eigenvalue weighted by atomic mass is 79.9. The molecule has 0 saturated carbocycles. The van der Waals surface area contributed by atoms with Gasteiger partial charge in [0.05, 0.1) is 5.69 Å². The fourth-order valence-corrected chi connectivity index (χ4v) is 3.58. The van der Waals surface area contributed by atoms with Crippen molar-refractivity contribution in [3.05, 3.63) is 28.2 Å². The van der Waals surface area contributed by atoms with Gasteiger partial charge in [0.15, 0.2) is 0 Å². The van der Waals surface area contributed by atoms with E-state index < -0.39 is 0 Å². The van der Waals surface area contributed by atoms with Gasteiger partial charge in [0, 0.05) is 30.1 Å². The average molecular weight is 353 g/mol. The Morgan fingerprint density at radius 3 is 2.67 bits per heavy atom. The highest BCUT2D eigenvalue weighted by molar-refractivity contribution is 9.10. The number of nitrogens with zero attached hydrogens (tertiary/aromatic N) is 1. The number of benzene rings is 1. The predicted molar refractivity (Wildman–Crippen MR) is 96.0 cm³/mol. The van der Waals surface area contributed by atoms with Crippen LogP contribution in [0, 0.1) is 5.41 Å². The summed E-state index contributed by atoms with van der Waals surface area (Å²) in [5, 5.41) is 3.47. The average Bonchev–Trinajstić information content (AvgIpc) is 2.58. The van der Waals surface area contributed by atoms with E-state index >= 15 is 0 Å². The van der Waals surface area contributed by atoms with E-state index in [9.17, 15) is 0 Å². The molecule has 118 valence electrons. The molecule has 0 bridgehead atoms. The molecule has 21 heavy (non-hydrogen) atoms. The van der Waals surface area contributed by atoms with Crippen molar-refractivity contribution in [2.45, 2.75) is 59.5 Å². The Morgan fingerprint density at radius 1 is 1.24 bits per heavy atom. The van der Waals surface area contributed by atoms with E-state index in [1.54, 1.807) is 0 Å². The Morgan fingerprint density at radius 2 is 2.00 bits per heavy atom. The van der Waals surface area contributed by atoms with Crippen LogP contribution in [0.5, 0.6) is 0 Å². The van der Waals surface area contributed by atoms with Gasteiger partial charge in [-0.15, -0.1) is 0 Å². The summed E-state index contributed by atoms with van der Waals surface area (Å²) < 4.78 is 1.23. The summed E-state index contributed by atoms with van der Waals surface area (Å²) in [7, 11) is 0. The van der Waals surface area contributed by atoms with Crippen molar-refractivity contribution < 1.29 is 0 Å². The molecular formula is C18H29BrN2. The number of hydrogen-bond acceptors (Lipinski definition) is 2. The molecule has 0 radical (unpaired) electrons. The minimum absolute atomic E-state index is 0.488. The molecule has 0 spiro atoms. The second-order valence-corrected chi connectivity index (χ2v) is 8.18. The lowest BCUT2D eigenvalue weighted by atomic mass is 9.85. The molecule has 1 aromatic carbocycles. The number of halogens is 1. The van der Waals surface area contributed by atoms with E-state index in [-0.39, 0.29) is 0 Å². The minimum Gasteiger partial charge on any atom is -0.371 e. The van der Waals surface area contributed by atoms with Crippen LogP contribution in [-0.2, 0) is 6.54 Å². The van der Waals surface area contributed by atoms with Crippen LogP contribution in [0.4, 0.5) is 5.69 Å². The third-order valence-electron chi connectivity index (χ3n) is 4.41. The van der Waals surface area contributed by atoms with Crippen molar-refractivity contribution in [3.8, 4) is 0 Å². The number of rotatable bonds is 4. The molecule has 1 saturated heterocycles. The molecular weight excluding hydrogens is 324 g/mol. The largest absolute Gasteiger partial charge is 0.371 e. The molecule has 0 amide bonds. The quantitative estimate of drug-likeness (QED) is 0.823. The van der Waals surface area contributed by atoms with Crippen LogP contribution in [-0.4, -0.2) is 19.1 Å². The molecule has 1 aliphatic rings. The standard InChI is InChI=1S/C18H29BrN2/c1-14(2)20-13-15-6-7-17(16(19)12-15)21-10-5-8-18(3,4)9-11-21/h6-7,12,14,20H,5,8-11,13H2,1-4H3. The smallest absolute Gasteiger partial charge is 0.0510 e. The molecule has 0 unspecified atom stereocenters. The fourth-order valence-electron chi connectivity index (χ4n) is 2.90. The molecule has 0 aromatic heterocycles. The zero-order valence-electron chi connectivity index (χ0n) is 13.9. The highest BCUT2D eigenvalue weighted by Crippen LogP contribution is 2.34. The molecule has 1 fully saturated rings. The first-order chi connectivity index (χ1) is 9.87. The Labute approximate surface area is 138 Å². The van der Waals surface area contributed by atoms with E-state index in [2.05, 4.69) is 72.0 Å². The molecule has 1 heterocycles.